The average Bonchev–Trinajstić information content (AvgIpc) is 2.38. The second-order valence-corrected chi connectivity index (χ2v) is 3.74. The van der Waals surface area contributed by atoms with Crippen molar-refractivity contribution in [3.8, 4) is 6.07 Å². The Kier molecular flexibility index (Phi) is 4.85. The number of non-ortho nitro benzene ring substituents is 1. The van der Waals surface area contributed by atoms with Gasteiger partial charge in [-0.1, -0.05) is 11.6 Å². The van der Waals surface area contributed by atoms with Crippen molar-refractivity contribution >= 4 is 28.9 Å². The number of benzene rings is 1. The van der Waals surface area contributed by atoms with E-state index in [1.165, 1.54) is 25.4 Å². The van der Waals surface area contributed by atoms with Gasteiger partial charge in [0.15, 0.2) is 0 Å². The molecule has 0 fully saturated rings. The van der Waals surface area contributed by atoms with Crippen LogP contribution in [0.4, 0.5) is 11.4 Å². The number of nitrogens with one attached hydrogen (secondary N) is 2. The van der Waals surface area contributed by atoms with Gasteiger partial charge in [-0.2, -0.15) is 5.26 Å². The quantitative estimate of drug-likeness (QED) is 0.378. The molecule has 0 aliphatic heterocycles. The lowest BCUT2D eigenvalue weighted by Gasteiger charge is -2.06. The van der Waals surface area contributed by atoms with Gasteiger partial charge in [0, 0.05) is 25.4 Å². The van der Waals surface area contributed by atoms with Gasteiger partial charge in [-0.25, -0.2) is 0 Å². The van der Waals surface area contributed by atoms with Crippen LogP contribution in [0.3, 0.4) is 0 Å². The molecule has 0 aliphatic rings. The van der Waals surface area contributed by atoms with Gasteiger partial charge in [0.05, 0.1) is 15.6 Å². The van der Waals surface area contributed by atoms with Crippen molar-refractivity contribution in [2.24, 2.45) is 0 Å². The molecule has 1 amide bonds. The summed E-state index contributed by atoms with van der Waals surface area (Å²) < 4.78 is 0. The highest BCUT2D eigenvalue weighted by Gasteiger charge is 2.14. The molecule has 2 N–H and O–H groups in total. The van der Waals surface area contributed by atoms with E-state index >= 15 is 0 Å². The van der Waals surface area contributed by atoms with E-state index in [4.69, 9.17) is 16.9 Å². The number of amides is 1. The number of halogens is 1. The maximum atomic E-state index is 11.7. The molecule has 1 aromatic rings. The molecule has 19 heavy (non-hydrogen) atoms. The minimum Gasteiger partial charge on any atom is -0.393 e. The Balaban J connectivity index is 3.03. The number of nitro groups is 1. The van der Waals surface area contributed by atoms with E-state index in [2.05, 4.69) is 10.6 Å². The summed E-state index contributed by atoms with van der Waals surface area (Å²) in [6, 6.07) is 5.32. The molecule has 0 radical (unpaired) electrons. The Morgan fingerprint density at radius 1 is 1.58 bits per heavy atom. The molecule has 1 aromatic carbocycles. The second kappa shape index (κ2) is 6.37. The fourth-order valence-corrected chi connectivity index (χ4v) is 1.37. The van der Waals surface area contributed by atoms with Crippen LogP contribution < -0.4 is 10.6 Å². The van der Waals surface area contributed by atoms with Gasteiger partial charge in [0.1, 0.15) is 11.6 Å². The zero-order valence-electron chi connectivity index (χ0n) is 9.81. The van der Waals surface area contributed by atoms with Gasteiger partial charge in [-0.05, 0) is 6.07 Å². The van der Waals surface area contributed by atoms with Gasteiger partial charge >= 0.3 is 0 Å². The normalized spacial score (nSPS) is 10.5. The molecule has 0 saturated heterocycles. The van der Waals surface area contributed by atoms with Crippen LogP contribution in [-0.2, 0) is 4.79 Å². The van der Waals surface area contributed by atoms with Crippen LogP contribution in [-0.4, -0.2) is 17.9 Å². The van der Waals surface area contributed by atoms with Crippen molar-refractivity contribution in [2.45, 2.75) is 0 Å². The number of hydrogen-bond donors (Lipinski definition) is 2. The van der Waals surface area contributed by atoms with Crippen molar-refractivity contribution in [1.82, 2.24) is 5.32 Å². The van der Waals surface area contributed by atoms with Crippen LogP contribution >= 0.6 is 11.6 Å². The van der Waals surface area contributed by atoms with E-state index in [0.717, 1.165) is 6.07 Å². The highest BCUT2D eigenvalue weighted by molar-refractivity contribution is 6.34. The minimum absolute atomic E-state index is 0.0677. The smallest absolute Gasteiger partial charge is 0.271 e. The third kappa shape index (κ3) is 3.69. The molecule has 0 aromatic heterocycles. The fraction of sp³-hybridized carbons (Fsp3) is 0.0909. The average molecular weight is 281 g/mol. The Morgan fingerprint density at radius 2 is 2.26 bits per heavy atom. The Bertz CT molecular complexity index is 592. The molecule has 0 aliphatic carbocycles. The van der Waals surface area contributed by atoms with Gasteiger partial charge < -0.3 is 10.6 Å². The van der Waals surface area contributed by atoms with E-state index in [1.54, 1.807) is 6.07 Å². The molecule has 7 nitrogen and oxygen atoms in total. The number of nitro benzene ring substituents is 1. The van der Waals surface area contributed by atoms with Gasteiger partial charge in [-0.3, -0.25) is 14.9 Å². The summed E-state index contributed by atoms with van der Waals surface area (Å²) in [6.45, 7) is 0. The van der Waals surface area contributed by atoms with Crippen molar-refractivity contribution in [3.05, 3.63) is 45.1 Å². The first-order chi connectivity index (χ1) is 8.99. The van der Waals surface area contributed by atoms with Crippen molar-refractivity contribution in [3.63, 3.8) is 0 Å². The molecule has 0 heterocycles. The van der Waals surface area contributed by atoms with Crippen LogP contribution in [0, 0.1) is 21.4 Å². The highest BCUT2D eigenvalue weighted by atomic mass is 35.5. The van der Waals surface area contributed by atoms with E-state index < -0.39 is 10.8 Å². The third-order valence-electron chi connectivity index (χ3n) is 2.06. The number of anilines is 1. The number of carbonyl (C=O) groups excluding carboxylic acids is 1. The fourth-order valence-electron chi connectivity index (χ4n) is 1.21. The number of nitriles is 1. The summed E-state index contributed by atoms with van der Waals surface area (Å²) in [7, 11) is 1.53. The molecule has 0 spiro atoms. The molecular formula is C11H9ClN4O3. The van der Waals surface area contributed by atoms with Crippen LogP contribution in [0.5, 0.6) is 0 Å². The Hall–Kier alpha value is -2.59. The summed E-state index contributed by atoms with van der Waals surface area (Å²) in [5.41, 5.74) is -0.320. The number of rotatable bonds is 4. The summed E-state index contributed by atoms with van der Waals surface area (Å²) in [6.07, 6.45) is 1.21. The van der Waals surface area contributed by atoms with Crippen molar-refractivity contribution < 1.29 is 9.72 Å². The molecule has 0 saturated carbocycles. The topological polar surface area (TPSA) is 108 Å². The van der Waals surface area contributed by atoms with Crippen molar-refractivity contribution in [2.75, 3.05) is 12.4 Å². The lowest BCUT2D eigenvalue weighted by Crippen LogP contribution is -2.15. The van der Waals surface area contributed by atoms with E-state index in [0.29, 0.717) is 0 Å². The summed E-state index contributed by atoms with van der Waals surface area (Å²) in [5.74, 6) is -0.709. The number of hydrogen-bond acceptors (Lipinski definition) is 5. The maximum absolute atomic E-state index is 11.7. The predicted molar refractivity (Wildman–Crippen MR) is 69.5 cm³/mol. The van der Waals surface area contributed by atoms with Gasteiger partial charge in [0.25, 0.3) is 11.6 Å². The van der Waals surface area contributed by atoms with Gasteiger partial charge in [0.2, 0.25) is 0 Å². The van der Waals surface area contributed by atoms with Crippen LogP contribution in [0.2, 0.25) is 5.02 Å². The highest BCUT2D eigenvalue weighted by Crippen LogP contribution is 2.26. The van der Waals surface area contributed by atoms with Crippen LogP contribution in [0.25, 0.3) is 0 Å². The molecule has 98 valence electrons. The molecule has 0 bridgehead atoms. The first-order valence-corrected chi connectivity index (χ1v) is 5.40. The lowest BCUT2D eigenvalue weighted by atomic mass is 10.2. The van der Waals surface area contributed by atoms with E-state index in [9.17, 15) is 14.9 Å². The first-order valence-electron chi connectivity index (χ1n) is 5.02. The molecule has 0 unspecified atom stereocenters. The summed E-state index contributed by atoms with van der Waals surface area (Å²) >= 11 is 5.81. The summed E-state index contributed by atoms with van der Waals surface area (Å²) in [4.78, 5) is 21.7. The van der Waals surface area contributed by atoms with Gasteiger partial charge in [-0.15, -0.1) is 0 Å². The van der Waals surface area contributed by atoms with E-state index in [-0.39, 0.29) is 22.0 Å². The monoisotopic (exact) mass is 280 g/mol. The zero-order chi connectivity index (χ0) is 14.4. The minimum atomic E-state index is -0.709. The van der Waals surface area contributed by atoms with Crippen molar-refractivity contribution in [1.29, 1.82) is 5.26 Å². The number of carbonyl (C=O) groups is 1. The maximum Gasteiger partial charge on any atom is 0.271 e. The standard InChI is InChI=1S/C11H9ClN4O3/c1-14-6-7(5-13)11(17)15-10-4-8(16(18)19)2-3-9(10)12/h2-4,6,14H,1H3,(H,15,17)/b7-6-. The predicted octanol–water partition coefficient (Wildman–Crippen LogP) is 1.81. The van der Waals surface area contributed by atoms with E-state index in [1.807, 2.05) is 0 Å². The molecular weight excluding hydrogens is 272 g/mol. The molecule has 8 heteroatoms. The molecule has 0 atom stereocenters. The number of nitrogens with zero attached hydrogens (tertiary/aromatic N) is 2. The largest absolute Gasteiger partial charge is 0.393 e. The SMILES string of the molecule is CN/C=C(/C#N)C(=O)Nc1cc([N+](=O)[O-])ccc1Cl. The second-order valence-electron chi connectivity index (χ2n) is 3.33. The Labute approximate surface area is 113 Å². The third-order valence-corrected chi connectivity index (χ3v) is 2.39. The first kappa shape index (κ1) is 14.5. The Morgan fingerprint density at radius 3 is 2.79 bits per heavy atom. The lowest BCUT2D eigenvalue weighted by molar-refractivity contribution is -0.384. The van der Waals surface area contributed by atoms with Crippen LogP contribution in [0.1, 0.15) is 0 Å². The summed E-state index contributed by atoms with van der Waals surface area (Å²) in [5, 5.41) is 24.4. The zero-order valence-corrected chi connectivity index (χ0v) is 10.6. The molecule has 1 rings (SSSR count). The van der Waals surface area contributed by atoms with Crippen LogP contribution in [0.15, 0.2) is 30.0 Å².